The summed E-state index contributed by atoms with van der Waals surface area (Å²) < 4.78 is 5.85. The summed E-state index contributed by atoms with van der Waals surface area (Å²) in [6.07, 6.45) is 0.521. The third-order valence-corrected chi connectivity index (χ3v) is 6.25. The standard InChI is InChI=1S/C22H24BrClN4O3S/c1-3-20(29)28-10-8-27(9-11-28)18-6-5-15(13-17(18)24)25-22(32)26-21(30)14-4-7-19(31-2)16(23)12-14/h4-7,12-13H,3,8-11H2,1-2H3,(H2,25,26,30,32). The largest absolute Gasteiger partial charge is 0.496 e. The molecule has 170 valence electrons. The molecule has 0 unspecified atom stereocenters. The number of nitrogens with zero attached hydrogens (tertiary/aromatic N) is 2. The summed E-state index contributed by atoms with van der Waals surface area (Å²) in [5, 5.41) is 6.38. The smallest absolute Gasteiger partial charge is 0.257 e. The number of nitrogens with one attached hydrogen (secondary N) is 2. The average molecular weight is 540 g/mol. The minimum absolute atomic E-state index is 0.164. The van der Waals surface area contributed by atoms with Gasteiger partial charge in [-0.05, 0) is 64.5 Å². The van der Waals surface area contributed by atoms with Crippen LogP contribution in [0.3, 0.4) is 0 Å². The van der Waals surface area contributed by atoms with E-state index in [1.165, 1.54) is 0 Å². The number of piperazine rings is 1. The fourth-order valence-electron chi connectivity index (χ4n) is 3.41. The number of carbonyl (C=O) groups is 2. The highest BCUT2D eigenvalue weighted by molar-refractivity contribution is 9.10. The van der Waals surface area contributed by atoms with Crippen LogP contribution in [0, 0.1) is 0 Å². The number of anilines is 2. The lowest BCUT2D eigenvalue weighted by atomic mass is 10.2. The molecule has 32 heavy (non-hydrogen) atoms. The van der Waals surface area contributed by atoms with E-state index in [0.717, 1.165) is 18.8 Å². The summed E-state index contributed by atoms with van der Waals surface area (Å²) in [4.78, 5) is 28.4. The van der Waals surface area contributed by atoms with E-state index in [1.54, 1.807) is 31.4 Å². The highest BCUT2D eigenvalue weighted by Crippen LogP contribution is 2.30. The van der Waals surface area contributed by atoms with Gasteiger partial charge in [0, 0.05) is 43.9 Å². The first-order valence-electron chi connectivity index (χ1n) is 10.1. The van der Waals surface area contributed by atoms with Gasteiger partial charge in [-0.1, -0.05) is 18.5 Å². The second-order valence-corrected chi connectivity index (χ2v) is 8.81. The number of amides is 2. The number of hydrogen-bond donors (Lipinski definition) is 2. The van der Waals surface area contributed by atoms with Crippen molar-refractivity contribution in [2.24, 2.45) is 0 Å². The molecule has 1 aliphatic heterocycles. The number of thiocarbonyl (C=S) groups is 1. The predicted molar refractivity (Wildman–Crippen MR) is 135 cm³/mol. The van der Waals surface area contributed by atoms with Crippen LogP contribution in [0.15, 0.2) is 40.9 Å². The number of hydrogen-bond acceptors (Lipinski definition) is 5. The molecule has 1 fully saturated rings. The van der Waals surface area contributed by atoms with Crippen molar-refractivity contribution < 1.29 is 14.3 Å². The molecule has 2 aromatic carbocycles. The Bertz CT molecular complexity index is 1030. The number of carbonyl (C=O) groups excluding carboxylic acids is 2. The Balaban J connectivity index is 1.58. The zero-order chi connectivity index (χ0) is 23.3. The van der Waals surface area contributed by atoms with Gasteiger partial charge < -0.3 is 19.9 Å². The van der Waals surface area contributed by atoms with Gasteiger partial charge in [0.25, 0.3) is 5.91 Å². The first-order chi connectivity index (χ1) is 15.3. The van der Waals surface area contributed by atoms with Crippen molar-refractivity contribution in [3.8, 4) is 5.75 Å². The number of methoxy groups -OCH3 is 1. The molecule has 0 spiro atoms. The van der Waals surface area contributed by atoms with E-state index in [2.05, 4.69) is 31.5 Å². The van der Waals surface area contributed by atoms with Gasteiger partial charge in [0.2, 0.25) is 5.91 Å². The first-order valence-corrected chi connectivity index (χ1v) is 11.7. The minimum Gasteiger partial charge on any atom is -0.496 e. The molecule has 0 bridgehead atoms. The normalized spacial score (nSPS) is 13.5. The minimum atomic E-state index is -0.340. The van der Waals surface area contributed by atoms with E-state index < -0.39 is 0 Å². The lowest BCUT2D eigenvalue weighted by Crippen LogP contribution is -2.48. The van der Waals surface area contributed by atoms with Gasteiger partial charge in [-0.25, -0.2) is 0 Å². The highest BCUT2D eigenvalue weighted by atomic mass is 79.9. The summed E-state index contributed by atoms with van der Waals surface area (Å²) in [6.45, 7) is 4.69. The molecule has 2 N–H and O–H groups in total. The molecule has 1 heterocycles. The molecule has 2 aromatic rings. The van der Waals surface area contributed by atoms with Crippen molar-refractivity contribution in [3.05, 3.63) is 51.5 Å². The predicted octanol–water partition coefficient (Wildman–Crippen LogP) is 4.30. The Morgan fingerprint density at radius 1 is 1.16 bits per heavy atom. The molecule has 1 saturated heterocycles. The number of halogens is 2. The van der Waals surface area contributed by atoms with Gasteiger partial charge in [-0.15, -0.1) is 0 Å². The summed E-state index contributed by atoms with van der Waals surface area (Å²) in [6, 6.07) is 10.5. The van der Waals surface area contributed by atoms with Crippen LogP contribution in [0.4, 0.5) is 11.4 Å². The summed E-state index contributed by atoms with van der Waals surface area (Å²) in [7, 11) is 1.56. The van der Waals surface area contributed by atoms with E-state index in [9.17, 15) is 9.59 Å². The molecular weight excluding hydrogens is 516 g/mol. The zero-order valence-electron chi connectivity index (χ0n) is 17.8. The molecule has 10 heteroatoms. The van der Waals surface area contributed by atoms with E-state index in [1.807, 2.05) is 24.0 Å². The fourth-order valence-corrected chi connectivity index (χ4v) is 4.46. The maximum absolute atomic E-state index is 12.5. The molecule has 0 aromatic heterocycles. The van der Waals surface area contributed by atoms with Crippen molar-refractivity contribution in [2.45, 2.75) is 13.3 Å². The molecule has 0 saturated carbocycles. The van der Waals surface area contributed by atoms with Crippen molar-refractivity contribution >= 4 is 68.1 Å². The van der Waals surface area contributed by atoms with Crippen LogP contribution < -0.4 is 20.3 Å². The van der Waals surface area contributed by atoms with Crippen molar-refractivity contribution in [1.29, 1.82) is 0 Å². The fraction of sp³-hybridized carbons (Fsp3) is 0.318. The van der Waals surface area contributed by atoms with Crippen LogP contribution in [-0.2, 0) is 4.79 Å². The van der Waals surface area contributed by atoms with Gasteiger partial charge in [-0.2, -0.15) is 0 Å². The van der Waals surface area contributed by atoms with Crippen LogP contribution in [0.2, 0.25) is 5.02 Å². The van der Waals surface area contributed by atoms with Crippen molar-refractivity contribution in [1.82, 2.24) is 10.2 Å². The van der Waals surface area contributed by atoms with Crippen LogP contribution in [0.25, 0.3) is 0 Å². The van der Waals surface area contributed by atoms with Crippen LogP contribution in [0.5, 0.6) is 5.75 Å². The van der Waals surface area contributed by atoms with Gasteiger partial charge in [0.05, 0.1) is 22.3 Å². The molecule has 7 nitrogen and oxygen atoms in total. The lowest BCUT2D eigenvalue weighted by molar-refractivity contribution is -0.131. The number of benzene rings is 2. The Morgan fingerprint density at radius 2 is 1.88 bits per heavy atom. The Morgan fingerprint density at radius 3 is 2.47 bits per heavy atom. The Hall–Kier alpha value is -2.36. The molecule has 0 radical (unpaired) electrons. The van der Waals surface area contributed by atoms with E-state index in [-0.39, 0.29) is 16.9 Å². The van der Waals surface area contributed by atoms with Crippen LogP contribution in [0.1, 0.15) is 23.7 Å². The van der Waals surface area contributed by atoms with E-state index in [4.69, 9.17) is 28.6 Å². The third-order valence-electron chi connectivity index (χ3n) is 5.12. The van der Waals surface area contributed by atoms with Crippen LogP contribution in [-0.4, -0.2) is 55.1 Å². The maximum atomic E-state index is 12.5. The van der Waals surface area contributed by atoms with Gasteiger partial charge in [0.1, 0.15) is 5.75 Å². The van der Waals surface area contributed by atoms with Gasteiger partial charge in [-0.3, -0.25) is 14.9 Å². The molecule has 0 atom stereocenters. The Kier molecular flexibility index (Phi) is 8.33. The maximum Gasteiger partial charge on any atom is 0.257 e. The first kappa shape index (κ1) is 24.3. The van der Waals surface area contributed by atoms with Crippen molar-refractivity contribution in [2.75, 3.05) is 43.5 Å². The highest BCUT2D eigenvalue weighted by Gasteiger charge is 2.21. The number of rotatable bonds is 5. The van der Waals surface area contributed by atoms with Gasteiger partial charge in [0.15, 0.2) is 5.11 Å². The average Bonchev–Trinajstić information content (AvgIpc) is 2.78. The lowest BCUT2D eigenvalue weighted by Gasteiger charge is -2.36. The summed E-state index contributed by atoms with van der Waals surface area (Å²) >= 11 is 15.1. The molecular formula is C22H24BrClN4O3S. The summed E-state index contributed by atoms with van der Waals surface area (Å²) in [5.74, 6) is 0.469. The number of ether oxygens (including phenoxy) is 1. The summed E-state index contributed by atoms with van der Waals surface area (Å²) in [5.41, 5.74) is 2.01. The SMILES string of the molecule is CCC(=O)N1CCN(c2ccc(NC(=S)NC(=O)c3ccc(OC)c(Br)c3)cc2Cl)CC1. The molecule has 3 rings (SSSR count). The molecule has 0 aliphatic carbocycles. The zero-order valence-corrected chi connectivity index (χ0v) is 20.9. The third kappa shape index (κ3) is 5.90. The van der Waals surface area contributed by atoms with Gasteiger partial charge >= 0.3 is 0 Å². The second kappa shape index (κ2) is 11.0. The monoisotopic (exact) mass is 538 g/mol. The topological polar surface area (TPSA) is 73.9 Å². The van der Waals surface area contributed by atoms with Crippen LogP contribution >= 0.6 is 39.7 Å². The van der Waals surface area contributed by atoms with E-state index in [0.29, 0.717) is 46.0 Å². The van der Waals surface area contributed by atoms with E-state index >= 15 is 0 Å². The second-order valence-electron chi connectivity index (χ2n) is 7.15. The van der Waals surface area contributed by atoms with Crippen molar-refractivity contribution in [3.63, 3.8) is 0 Å². The molecule has 2 amide bonds. The quantitative estimate of drug-likeness (QED) is 0.552. The Labute approximate surface area is 206 Å². The molecule has 1 aliphatic rings.